The van der Waals surface area contributed by atoms with Crippen molar-refractivity contribution < 1.29 is 47.7 Å². The van der Waals surface area contributed by atoms with E-state index in [0.717, 1.165) is 154 Å². The van der Waals surface area contributed by atoms with Crippen LogP contribution >= 0.6 is 0 Å². The predicted octanol–water partition coefficient (Wildman–Crippen LogP) is 14.2. The predicted molar refractivity (Wildman–Crippen MR) is 280 cm³/mol. The Morgan fingerprint density at radius 1 is 0.391 bits per heavy atom. The van der Waals surface area contributed by atoms with Crippen molar-refractivity contribution in [3.63, 3.8) is 0 Å². The van der Waals surface area contributed by atoms with E-state index in [4.69, 9.17) is 23.7 Å². The Labute approximate surface area is 420 Å². The maximum Gasteiger partial charge on any atom is 0.306 e. The first kappa shape index (κ1) is 63.3. The highest BCUT2D eigenvalue weighted by Gasteiger charge is 2.20. The van der Waals surface area contributed by atoms with Gasteiger partial charge in [0.2, 0.25) is 0 Å². The van der Waals surface area contributed by atoms with E-state index in [9.17, 15) is 24.0 Å². The largest absolute Gasteiger partial charge is 0.465 e. The van der Waals surface area contributed by atoms with Crippen molar-refractivity contribution >= 4 is 29.8 Å². The molecule has 0 aromatic carbocycles. The number of esters is 5. The van der Waals surface area contributed by atoms with E-state index in [1.807, 2.05) is 0 Å². The van der Waals surface area contributed by atoms with Crippen molar-refractivity contribution in [2.24, 2.45) is 5.92 Å². The molecule has 0 unspecified atom stereocenters. The summed E-state index contributed by atoms with van der Waals surface area (Å²) >= 11 is 0. The summed E-state index contributed by atoms with van der Waals surface area (Å²) in [5, 5.41) is 0. The van der Waals surface area contributed by atoms with Gasteiger partial charge in [0.25, 0.3) is 0 Å². The molecule has 1 aliphatic heterocycles. The van der Waals surface area contributed by atoms with Crippen molar-refractivity contribution in [3.8, 4) is 0 Å². The zero-order valence-electron chi connectivity index (χ0n) is 44.3. The van der Waals surface area contributed by atoms with Crippen molar-refractivity contribution in [1.29, 1.82) is 0 Å². The number of allylic oxidation sites excluding steroid dienone is 8. The van der Waals surface area contributed by atoms with Crippen LogP contribution in [0, 0.1) is 5.92 Å². The highest BCUT2D eigenvalue weighted by molar-refractivity contribution is 5.71. The number of hydrogen-bond acceptors (Lipinski definition) is 11. The molecule has 1 fully saturated rings. The van der Waals surface area contributed by atoms with Gasteiger partial charge in [0.05, 0.1) is 5.92 Å². The van der Waals surface area contributed by atoms with Crippen LogP contribution in [-0.2, 0) is 47.7 Å². The average molecular weight is 970 g/mol. The molecule has 0 atom stereocenters. The number of carbonyl (C=O) groups excluding carboxylic acids is 5. The molecule has 396 valence electrons. The van der Waals surface area contributed by atoms with E-state index in [1.54, 1.807) is 0 Å². The zero-order chi connectivity index (χ0) is 50.3. The van der Waals surface area contributed by atoms with Gasteiger partial charge in [0.1, 0.15) is 32.0 Å². The first-order valence-corrected chi connectivity index (χ1v) is 27.9. The van der Waals surface area contributed by atoms with E-state index in [1.165, 1.54) is 12.8 Å². The Morgan fingerprint density at radius 3 is 1.01 bits per heavy atom. The normalized spacial score (nSPS) is 13.3. The Kier molecular flexibility index (Phi) is 42.8. The maximum atomic E-state index is 12.8. The number of hydrogen-bond donors (Lipinski definition) is 0. The van der Waals surface area contributed by atoms with E-state index in [-0.39, 0.29) is 74.7 Å². The molecular weight excluding hydrogens is 871 g/mol. The quantitative estimate of drug-likeness (QED) is 0.0250. The van der Waals surface area contributed by atoms with Crippen LogP contribution in [-0.4, -0.2) is 86.4 Å². The lowest BCUT2D eigenvalue weighted by Crippen LogP contribution is -2.27. The van der Waals surface area contributed by atoms with Crippen LogP contribution in [0.4, 0.5) is 0 Å². The molecule has 0 bridgehead atoms. The monoisotopic (exact) mass is 970 g/mol. The molecule has 1 aliphatic rings. The van der Waals surface area contributed by atoms with Crippen molar-refractivity contribution in [2.75, 3.05) is 39.5 Å². The number of unbranched alkanes of at least 4 members (excludes halogenated alkanes) is 10. The molecule has 1 saturated heterocycles. The number of rotatable bonds is 46. The van der Waals surface area contributed by atoms with Gasteiger partial charge < -0.3 is 28.6 Å². The van der Waals surface area contributed by atoms with E-state index < -0.39 is 5.92 Å². The zero-order valence-corrected chi connectivity index (χ0v) is 44.3. The number of ether oxygens (including phenoxy) is 5. The molecule has 0 spiro atoms. The summed E-state index contributed by atoms with van der Waals surface area (Å²) in [5.74, 6) is -1.79. The van der Waals surface area contributed by atoms with E-state index >= 15 is 0 Å². The van der Waals surface area contributed by atoms with Gasteiger partial charge in [-0.3, -0.25) is 24.0 Å². The molecule has 11 nitrogen and oxygen atoms in total. The molecule has 1 rings (SSSR count). The first-order valence-electron chi connectivity index (χ1n) is 27.9. The minimum absolute atomic E-state index is 0.00531. The Bertz CT molecular complexity index is 1290. The lowest BCUT2D eigenvalue weighted by atomic mass is 10.0. The molecule has 0 radical (unpaired) electrons. The van der Waals surface area contributed by atoms with Gasteiger partial charge >= 0.3 is 29.8 Å². The summed E-state index contributed by atoms with van der Waals surface area (Å²) in [5.41, 5.74) is 0. The van der Waals surface area contributed by atoms with Crippen LogP contribution in [0.15, 0.2) is 48.6 Å². The van der Waals surface area contributed by atoms with Crippen molar-refractivity contribution in [1.82, 2.24) is 4.90 Å². The molecule has 0 aromatic rings. The summed E-state index contributed by atoms with van der Waals surface area (Å²) in [6.45, 7) is 11.5. The van der Waals surface area contributed by atoms with Gasteiger partial charge in [-0.2, -0.15) is 0 Å². The highest BCUT2D eigenvalue weighted by atomic mass is 16.6. The van der Waals surface area contributed by atoms with Gasteiger partial charge in [-0.15, -0.1) is 0 Å². The fourth-order valence-corrected chi connectivity index (χ4v) is 8.24. The van der Waals surface area contributed by atoms with Crippen LogP contribution in [0.2, 0.25) is 0 Å². The molecule has 0 aliphatic carbocycles. The van der Waals surface area contributed by atoms with E-state index in [2.05, 4.69) is 81.2 Å². The number of likely N-dealkylation sites (tertiary alicyclic amines) is 1. The molecule has 1 heterocycles. The van der Waals surface area contributed by atoms with Crippen LogP contribution in [0.1, 0.15) is 233 Å². The highest BCUT2D eigenvalue weighted by Crippen LogP contribution is 2.18. The second-order valence-corrected chi connectivity index (χ2v) is 18.9. The van der Waals surface area contributed by atoms with Gasteiger partial charge in [0.15, 0.2) is 0 Å². The molecule has 0 aromatic heterocycles. The van der Waals surface area contributed by atoms with Crippen LogP contribution in [0.25, 0.3) is 0 Å². The van der Waals surface area contributed by atoms with Crippen molar-refractivity contribution in [3.05, 3.63) is 48.6 Å². The van der Waals surface area contributed by atoms with E-state index in [0.29, 0.717) is 44.9 Å². The Hall–Kier alpha value is -3.73. The lowest BCUT2D eigenvalue weighted by Gasteiger charge is -2.18. The third kappa shape index (κ3) is 40.7. The SMILES string of the molecule is CC/C=C\CCCC(CCC/C=C\CC)OC(=O)CCCCCCC(=O)OCC(COC(=O)CCCCCCC(=O)OC(CCC/C=C\CC)CCC/C=C\CC)COC(=O)CCCN1CCCC1. The molecule has 0 N–H and O–H groups in total. The summed E-state index contributed by atoms with van der Waals surface area (Å²) in [7, 11) is 0. The van der Waals surface area contributed by atoms with Crippen LogP contribution in [0.5, 0.6) is 0 Å². The van der Waals surface area contributed by atoms with Crippen molar-refractivity contribution in [2.45, 2.75) is 245 Å². The van der Waals surface area contributed by atoms with Crippen LogP contribution < -0.4 is 0 Å². The Morgan fingerprint density at radius 2 is 0.696 bits per heavy atom. The molecule has 11 heteroatoms. The summed E-state index contributed by atoms with van der Waals surface area (Å²) < 4.78 is 28.6. The Balaban J connectivity index is 2.48. The minimum atomic E-state index is -0.480. The maximum absolute atomic E-state index is 12.8. The second-order valence-electron chi connectivity index (χ2n) is 18.9. The fourth-order valence-electron chi connectivity index (χ4n) is 8.24. The molecule has 0 amide bonds. The average Bonchev–Trinajstić information content (AvgIpc) is 3.86. The summed E-state index contributed by atoms with van der Waals surface area (Å²) in [6, 6.07) is 0. The summed E-state index contributed by atoms with van der Waals surface area (Å²) in [4.78, 5) is 65.9. The van der Waals surface area contributed by atoms with Gasteiger partial charge in [-0.1, -0.05) is 102 Å². The fraction of sp³-hybridized carbons (Fsp3) is 0.776. The van der Waals surface area contributed by atoms with Crippen LogP contribution in [0.3, 0.4) is 0 Å². The molecular formula is C58H99NO10. The standard InChI is InChI=1S/C58H99NO10/c1-5-9-13-17-25-36-52(37-26-18-14-10-6-2)68-57(63)42-31-23-21-29-40-54(60)65-48-51(50-67-56(62)44-35-47-59-45-33-34-46-59)49-66-55(61)41-30-22-24-32-43-58(64)69-53(38-27-19-15-11-7-3)39-28-20-16-12-8-4/h9-16,51-53H,5-8,17-50H2,1-4H3/b13-9-,14-10-,15-11-,16-12-. The topological polar surface area (TPSA) is 135 Å². The van der Waals surface area contributed by atoms with Gasteiger partial charge in [-0.05, 0) is 167 Å². The lowest BCUT2D eigenvalue weighted by molar-refractivity contribution is -0.154. The number of nitrogens with zero attached hydrogens (tertiary/aromatic N) is 1. The second kappa shape index (κ2) is 46.6. The summed E-state index contributed by atoms with van der Waals surface area (Å²) in [6.07, 6.45) is 43.6. The first-order chi connectivity index (χ1) is 33.7. The third-order valence-electron chi connectivity index (χ3n) is 12.3. The van der Waals surface area contributed by atoms with Gasteiger partial charge in [0, 0.05) is 32.1 Å². The minimum Gasteiger partial charge on any atom is -0.465 e. The smallest absolute Gasteiger partial charge is 0.306 e. The molecule has 69 heavy (non-hydrogen) atoms. The third-order valence-corrected chi connectivity index (χ3v) is 12.3. The number of carbonyl (C=O) groups is 5. The van der Waals surface area contributed by atoms with Gasteiger partial charge in [-0.25, -0.2) is 0 Å². The molecule has 0 saturated carbocycles.